The van der Waals surface area contributed by atoms with Crippen LogP contribution in [-0.4, -0.2) is 28.0 Å². The van der Waals surface area contributed by atoms with Gasteiger partial charge in [-0.2, -0.15) is 0 Å². The summed E-state index contributed by atoms with van der Waals surface area (Å²) in [7, 11) is 0. The van der Waals surface area contributed by atoms with E-state index in [0.29, 0.717) is 13.0 Å². The molecule has 3 nitrogen and oxygen atoms in total. The third kappa shape index (κ3) is 1.76. The van der Waals surface area contributed by atoms with Gasteiger partial charge in [-0.25, -0.2) is 0 Å². The largest absolute Gasteiger partial charge is 0.390 e. The van der Waals surface area contributed by atoms with Crippen molar-refractivity contribution in [1.82, 2.24) is 0 Å². The second-order valence-corrected chi connectivity index (χ2v) is 3.51. The Hall–Kier alpha value is 0.610. The molecular weight excluding hydrogens is 233 g/mol. The van der Waals surface area contributed by atoms with Gasteiger partial charge in [0.25, 0.3) is 0 Å². The van der Waals surface area contributed by atoms with Crippen LogP contribution in [0.2, 0.25) is 0 Å². The highest BCUT2D eigenvalue weighted by atomic mass is 127. The first-order chi connectivity index (χ1) is 4.24. The number of rotatable bonds is 1. The minimum absolute atomic E-state index is 0.133. The van der Waals surface area contributed by atoms with E-state index in [1.54, 1.807) is 0 Å². The Morgan fingerprint density at radius 1 is 1.78 bits per heavy atom. The van der Waals surface area contributed by atoms with Gasteiger partial charge >= 0.3 is 0 Å². The highest BCUT2D eigenvalue weighted by molar-refractivity contribution is 14.1. The summed E-state index contributed by atoms with van der Waals surface area (Å²) in [6, 6.07) is 0. The molecular formula is C5H10INO2. The first-order valence-electron chi connectivity index (χ1n) is 2.91. The predicted molar refractivity (Wildman–Crippen MR) is 42.4 cm³/mol. The summed E-state index contributed by atoms with van der Waals surface area (Å²) in [5.74, 6) is 0. The molecule has 9 heavy (non-hydrogen) atoms. The fourth-order valence-electron chi connectivity index (χ4n) is 0.890. The smallest absolute Gasteiger partial charge is 0.111 e. The van der Waals surface area contributed by atoms with Crippen LogP contribution in [0.15, 0.2) is 0 Å². The lowest BCUT2D eigenvalue weighted by Crippen LogP contribution is -2.29. The van der Waals surface area contributed by atoms with Crippen molar-refractivity contribution in [2.75, 3.05) is 6.54 Å². The normalized spacial score (nSPS) is 43.7. The number of alkyl halides is 1. The summed E-state index contributed by atoms with van der Waals surface area (Å²) < 4.78 is 5.38. The van der Waals surface area contributed by atoms with Crippen LogP contribution >= 0.6 is 22.6 Å². The fourth-order valence-corrected chi connectivity index (χ4v) is 1.79. The predicted octanol–water partition coefficient (Wildman–Crippen LogP) is -0.144. The molecule has 1 rings (SSSR count). The van der Waals surface area contributed by atoms with Crippen LogP contribution in [0.5, 0.6) is 0 Å². The average Bonchev–Trinajstić information content (AvgIpc) is 2.10. The Labute approximate surface area is 67.7 Å². The van der Waals surface area contributed by atoms with Crippen LogP contribution in [0.1, 0.15) is 6.42 Å². The second kappa shape index (κ2) is 3.14. The summed E-state index contributed by atoms with van der Waals surface area (Å²) in [4.78, 5) is 0. The molecule has 0 radical (unpaired) electrons. The number of aliphatic hydroxyl groups is 1. The van der Waals surface area contributed by atoms with Crippen molar-refractivity contribution in [3.05, 3.63) is 0 Å². The molecule has 0 amide bonds. The minimum atomic E-state index is -0.350. The van der Waals surface area contributed by atoms with Crippen molar-refractivity contribution in [1.29, 1.82) is 0 Å². The van der Waals surface area contributed by atoms with Gasteiger partial charge in [-0.15, -0.1) is 0 Å². The van der Waals surface area contributed by atoms with Crippen molar-refractivity contribution in [3.63, 3.8) is 0 Å². The quantitative estimate of drug-likeness (QED) is 0.497. The molecule has 0 bridgehead atoms. The molecule has 1 fully saturated rings. The van der Waals surface area contributed by atoms with E-state index in [2.05, 4.69) is 22.6 Å². The van der Waals surface area contributed by atoms with Crippen LogP contribution in [-0.2, 0) is 4.74 Å². The van der Waals surface area contributed by atoms with Crippen molar-refractivity contribution in [2.24, 2.45) is 5.73 Å². The van der Waals surface area contributed by atoms with Crippen LogP contribution in [0, 0.1) is 0 Å². The Morgan fingerprint density at radius 3 is 2.67 bits per heavy atom. The molecule has 3 N–H and O–H groups in total. The lowest BCUT2D eigenvalue weighted by atomic mass is 10.2. The molecule has 4 heteroatoms. The Kier molecular flexibility index (Phi) is 2.69. The molecule has 1 unspecified atom stereocenters. The molecule has 0 aromatic carbocycles. The third-order valence-corrected chi connectivity index (χ3v) is 2.21. The van der Waals surface area contributed by atoms with Crippen molar-refractivity contribution >= 4 is 22.6 Å². The zero-order valence-electron chi connectivity index (χ0n) is 4.96. The van der Waals surface area contributed by atoms with Crippen molar-refractivity contribution in [2.45, 2.75) is 22.7 Å². The van der Waals surface area contributed by atoms with Crippen molar-refractivity contribution < 1.29 is 9.84 Å². The number of hydrogen-bond acceptors (Lipinski definition) is 3. The molecule has 1 saturated heterocycles. The summed E-state index contributed by atoms with van der Waals surface area (Å²) in [5, 5.41) is 9.15. The Balaban J connectivity index is 2.38. The van der Waals surface area contributed by atoms with E-state index in [0.717, 1.165) is 0 Å². The van der Waals surface area contributed by atoms with Gasteiger partial charge in [-0.3, -0.25) is 0 Å². The van der Waals surface area contributed by atoms with Crippen LogP contribution < -0.4 is 5.73 Å². The fraction of sp³-hybridized carbons (Fsp3) is 1.00. The molecule has 0 aliphatic carbocycles. The van der Waals surface area contributed by atoms with Gasteiger partial charge in [-0.1, -0.05) is 22.6 Å². The minimum Gasteiger partial charge on any atom is -0.390 e. The Bertz CT molecular complexity index is 101. The highest BCUT2D eigenvalue weighted by Gasteiger charge is 2.30. The Morgan fingerprint density at radius 2 is 2.44 bits per heavy atom. The number of aliphatic hydroxyl groups excluding tert-OH is 1. The van der Waals surface area contributed by atoms with E-state index < -0.39 is 0 Å². The SMILES string of the molecule is NCC1O[C@@H](I)C[C@H]1O. The van der Waals surface area contributed by atoms with Gasteiger partial charge in [0.15, 0.2) is 0 Å². The van der Waals surface area contributed by atoms with Gasteiger partial charge in [0.1, 0.15) is 4.11 Å². The molecule has 0 aromatic heterocycles. The second-order valence-electron chi connectivity index (χ2n) is 2.12. The van der Waals surface area contributed by atoms with E-state index in [-0.39, 0.29) is 16.3 Å². The summed E-state index contributed by atoms with van der Waals surface area (Å²) in [5.41, 5.74) is 5.30. The molecule has 1 aliphatic heterocycles. The number of halogens is 1. The van der Waals surface area contributed by atoms with Gasteiger partial charge in [-0.05, 0) is 0 Å². The van der Waals surface area contributed by atoms with E-state index in [9.17, 15) is 0 Å². The maximum atomic E-state index is 9.15. The van der Waals surface area contributed by atoms with E-state index >= 15 is 0 Å². The number of ether oxygens (including phenoxy) is 1. The number of nitrogens with two attached hydrogens (primary N) is 1. The zero-order chi connectivity index (χ0) is 6.85. The average molecular weight is 243 g/mol. The maximum Gasteiger partial charge on any atom is 0.111 e. The molecule has 0 spiro atoms. The van der Waals surface area contributed by atoms with Crippen LogP contribution in [0.25, 0.3) is 0 Å². The van der Waals surface area contributed by atoms with Crippen LogP contribution in [0.4, 0.5) is 0 Å². The summed E-state index contributed by atoms with van der Waals surface area (Å²) in [6.07, 6.45) is 0.228. The molecule has 54 valence electrons. The first-order valence-corrected chi connectivity index (χ1v) is 4.16. The summed E-state index contributed by atoms with van der Waals surface area (Å²) in [6.45, 7) is 0.417. The van der Waals surface area contributed by atoms with Crippen molar-refractivity contribution in [3.8, 4) is 0 Å². The van der Waals surface area contributed by atoms with E-state index in [4.69, 9.17) is 15.6 Å². The molecule has 0 saturated carbocycles. The highest BCUT2D eigenvalue weighted by Crippen LogP contribution is 2.23. The zero-order valence-corrected chi connectivity index (χ0v) is 7.11. The monoisotopic (exact) mass is 243 g/mol. The van der Waals surface area contributed by atoms with Gasteiger partial charge in [0, 0.05) is 13.0 Å². The van der Waals surface area contributed by atoms with Crippen LogP contribution in [0.3, 0.4) is 0 Å². The third-order valence-electron chi connectivity index (χ3n) is 1.41. The molecule has 0 aromatic rings. The standard InChI is InChI=1S/C5H10INO2/c6-5-1-3(8)4(2-7)9-5/h3-5,8H,1-2,7H2/t3-,4?,5-/m1/s1. The molecule has 1 heterocycles. The van der Waals surface area contributed by atoms with E-state index in [1.165, 1.54) is 0 Å². The topological polar surface area (TPSA) is 55.5 Å². The molecule has 1 aliphatic rings. The first kappa shape index (κ1) is 7.71. The van der Waals surface area contributed by atoms with Gasteiger partial charge < -0.3 is 15.6 Å². The maximum absolute atomic E-state index is 9.15. The summed E-state index contributed by atoms with van der Waals surface area (Å²) >= 11 is 2.15. The van der Waals surface area contributed by atoms with Gasteiger partial charge in [0.05, 0.1) is 12.2 Å². The van der Waals surface area contributed by atoms with E-state index in [1.807, 2.05) is 0 Å². The molecule has 3 atom stereocenters. The van der Waals surface area contributed by atoms with Gasteiger partial charge in [0.2, 0.25) is 0 Å². The lowest BCUT2D eigenvalue weighted by molar-refractivity contribution is 0.0444. The lowest BCUT2D eigenvalue weighted by Gasteiger charge is -2.09. The number of hydrogen-bond donors (Lipinski definition) is 2.